The van der Waals surface area contributed by atoms with Crippen LogP contribution in [-0.2, 0) is 0 Å². The molecule has 2 unspecified atom stereocenters. The maximum Gasteiger partial charge on any atom is 0.157 e. The minimum Gasteiger partial charge on any atom is -0.363 e. The van der Waals surface area contributed by atoms with Gasteiger partial charge in [0.05, 0.1) is 11.8 Å². The molecule has 0 saturated carbocycles. The molecule has 1 fully saturated rings. The third kappa shape index (κ3) is 4.01. The van der Waals surface area contributed by atoms with Crippen LogP contribution in [0.3, 0.4) is 0 Å². The lowest BCUT2D eigenvalue weighted by Gasteiger charge is -2.32. The topological polar surface area (TPSA) is 27.6 Å². The van der Waals surface area contributed by atoms with Gasteiger partial charge >= 0.3 is 0 Å². The molecular formula is C17H25N3S. The van der Waals surface area contributed by atoms with Crippen molar-refractivity contribution in [1.29, 1.82) is 0 Å². The third-order valence-corrected chi connectivity index (χ3v) is 5.59. The van der Waals surface area contributed by atoms with Crippen LogP contribution in [0.4, 0.5) is 0 Å². The Morgan fingerprint density at radius 2 is 2.00 bits per heavy atom. The number of aliphatic imine (C=N–C) groups is 1. The van der Waals surface area contributed by atoms with E-state index >= 15 is 0 Å². The van der Waals surface area contributed by atoms with Crippen LogP contribution in [0.15, 0.2) is 35.3 Å². The average Bonchev–Trinajstić information content (AvgIpc) is 3.03. The van der Waals surface area contributed by atoms with Crippen LogP contribution in [-0.4, -0.2) is 42.3 Å². The molecule has 0 radical (unpaired) electrons. The summed E-state index contributed by atoms with van der Waals surface area (Å²) in [6.45, 7) is 6.75. The summed E-state index contributed by atoms with van der Waals surface area (Å²) in [5.74, 6) is 0. The van der Waals surface area contributed by atoms with E-state index in [0.717, 1.165) is 18.3 Å². The molecule has 2 aliphatic heterocycles. The number of nitrogens with one attached hydrogen (secondary N) is 1. The van der Waals surface area contributed by atoms with E-state index in [-0.39, 0.29) is 0 Å². The van der Waals surface area contributed by atoms with Gasteiger partial charge in [-0.1, -0.05) is 48.5 Å². The molecule has 0 aromatic heterocycles. The summed E-state index contributed by atoms with van der Waals surface area (Å²) in [5, 5.41) is 5.15. The van der Waals surface area contributed by atoms with Gasteiger partial charge in [0.15, 0.2) is 5.17 Å². The number of hydrogen-bond donors (Lipinski definition) is 1. The van der Waals surface area contributed by atoms with Crippen LogP contribution in [0.1, 0.15) is 37.0 Å². The number of benzene rings is 1. The summed E-state index contributed by atoms with van der Waals surface area (Å²) in [5.41, 5.74) is 1.38. The largest absolute Gasteiger partial charge is 0.363 e. The Labute approximate surface area is 132 Å². The lowest BCUT2D eigenvalue weighted by Crippen LogP contribution is -2.43. The van der Waals surface area contributed by atoms with Crippen LogP contribution in [0.5, 0.6) is 0 Å². The van der Waals surface area contributed by atoms with Gasteiger partial charge in [-0.2, -0.15) is 0 Å². The van der Waals surface area contributed by atoms with Crippen LogP contribution in [0.2, 0.25) is 0 Å². The monoisotopic (exact) mass is 303 g/mol. The van der Waals surface area contributed by atoms with Gasteiger partial charge in [-0.15, -0.1) is 0 Å². The van der Waals surface area contributed by atoms with Gasteiger partial charge in [0, 0.05) is 12.6 Å². The highest BCUT2D eigenvalue weighted by Crippen LogP contribution is 2.34. The normalized spacial score (nSPS) is 24.6. The smallest absolute Gasteiger partial charge is 0.157 e. The van der Waals surface area contributed by atoms with E-state index in [1.807, 2.05) is 11.8 Å². The highest BCUT2D eigenvalue weighted by atomic mass is 32.2. The molecule has 3 rings (SSSR count). The Morgan fingerprint density at radius 1 is 1.24 bits per heavy atom. The van der Waals surface area contributed by atoms with Crippen LogP contribution >= 0.6 is 11.8 Å². The molecule has 3 nitrogen and oxygen atoms in total. The number of amidine groups is 1. The Morgan fingerprint density at radius 3 is 2.76 bits per heavy atom. The highest BCUT2D eigenvalue weighted by molar-refractivity contribution is 8.14. The number of piperidine rings is 1. The summed E-state index contributed by atoms with van der Waals surface area (Å²) >= 11 is 1.87. The van der Waals surface area contributed by atoms with Crippen molar-refractivity contribution in [3.63, 3.8) is 0 Å². The Hall–Kier alpha value is -1.00. The fraction of sp³-hybridized carbons (Fsp3) is 0.588. The Balaban J connectivity index is 1.44. The van der Waals surface area contributed by atoms with Gasteiger partial charge in [-0.25, -0.2) is 0 Å². The van der Waals surface area contributed by atoms with Crippen LogP contribution in [0, 0.1) is 0 Å². The number of rotatable bonds is 4. The van der Waals surface area contributed by atoms with Crippen molar-refractivity contribution in [3.05, 3.63) is 35.9 Å². The lowest BCUT2D eigenvalue weighted by atomic mass is 10.1. The van der Waals surface area contributed by atoms with Gasteiger partial charge in [-0.05, 0) is 38.4 Å². The van der Waals surface area contributed by atoms with Crippen LogP contribution in [0.25, 0.3) is 0 Å². The molecule has 1 aromatic carbocycles. The zero-order chi connectivity index (χ0) is 14.5. The maximum absolute atomic E-state index is 4.66. The van der Waals surface area contributed by atoms with E-state index in [9.17, 15) is 0 Å². The van der Waals surface area contributed by atoms with E-state index in [0.29, 0.717) is 11.3 Å². The molecule has 0 bridgehead atoms. The van der Waals surface area contributed by atoms with Crippen LogP contribution < -0.4 is 5.32 Å². The van der Waals surface area contributed by atoms with Crippen molar-refractivity contribution in [2.75, 3.05) is 26.2 Å². The Kier molecular flexibility index (Phi) is 5.20. The van der Waals surface area contributed by atoms with Crippen molar-refractivity contribution >= 4 is 16.9 Å². The molecule has 21 heavy (non-hydrogen) atoms. The molecule has 2 aliphatic rings. The second-order valence-corrected chi connectivity index (χ2v) is 7.18. The predicted molar refractivity (Wildman–Crippen MR) is 92.0 cm³/mol. The molecular weight excluding hydrogens is 278 g/mol. The van der Waals surface area contributed by atoms with Crippen molar-refractivity contribution < 1.29 is 0 Å². The maximum atomic E-state index is 4.66. The molecule has 1 aromatic rings. The first-order valence-corrected chi connectivity index (χ1v) is 8.95. The molecule has 114 valence electrons. The summed E-state index contributed by atoms with van der Waals surface area (Å²) in [4.78, 5) is 7.26. The highest BCUT2D eigenvalue weighted by Gasteiger charge is 2.22. The molecule has 0 amide bonds. The first-order valence-electron chi connectivity index (χ1n) is 8.07. The van der Waals surface area contributed by atoms with Crippen molar-refractivity contribution in [3.8, 4) is 0 Å². The van der Waals surface area contributed by atoms with E-state index in [1.165, 1.54) is 37.9 Å². The summed E-state index contributed by atoms with van der Waals surface area (Å²) in [6, 6.07) is 11.3. The molecule has 2 atom stereocenters. The Bertz CT molecular complexity index is 468. The van der Waals surface area contributed by atoms with Crippen molar-refractivity contribution in [2.45, 2.75) is 37.5 Å². The molecule has 2 heterocycles. The number of thioether (sulfide) groups is 1. The fourth-order valence-corrected chi connectivity index (χ4v) is 4.06. The van der Waals surface area contributed by atoms with Crippen molar-refractivity contribution in [2.24, 2.45) is 4.99 Å². The summed E-state index contributed by atoms with van der Waals surface area (Å²) in [7, 11) is 0. The first-order chi connectivity index (χ1) is 10.3. The summed E-state index contributed by atoms with van der Waals surface area (Å²) in [6.07, 6.45) is 4.12. The van der Waals surface area contributed by atoms with Gasteiger partial charge in [0.1, 0.15) is 0 Å². The summed E-state index contributed by atoms with van der Waals surface area (Å²) < 4.78 is 0. The minimum atomic E-state index is 0.485. The molecule has 0 spiro atoms. The van der Waals surface area contributed by atoms with E-state index in [1.54, 1.807) is 0 Å². The van der Waals surface area contributed by atoms with Crippen molar-refractivity contribution in [1.82, 2.24) is 10.2 Å². The predicted octanol–water partition coefficient (Wildman–Crippen LogP) is 3.29. The van der Waals surface area contributed by atoms with Gasteiger partial charge in [-0.3, -0.25) is 9.89 Å². The first kappa shape index (κ1) is 14.9. The average molecular weight is 303 g/mol. The zero-order valence-corrected chi connectivity index (χ0v) is 13.6. The van der Waals surface area contributed by atoms with Gasteiger partial charge in [0.2, 0.25) is 0 Å². The SMILES string of the molecule is CC(CNC1=NCC(c2ccccc2)S1)N1CCCCC1. The minimum absolute atomic E-state index is 0.485. The van der Waals surface area contributed by atoms with E-state index in [4.69, 9.17) is 0 Å². The molecule has 4 heteroatoms. The molecule has 1 saturated heterocycles. The lowest BCUT2D eigenvalue weighted by molar-refractivity contribution is 0.175. The van der Waals surface area contributed by atoms with Gasteiger partial charge in [0.25, 0.3) is 0 Å². The van der Waals surface area contributed by atoms with E-state index < -0.39 is 0 Å². The standard InChI is InChI=1S/C17H25N3S/c1-14(20-10-6-3-7-11-20)12-18-17-19-13-16(21-17)15-8-4-2-5-9-15/h2,4-5,8-9,14,16H,3,6-7,10-13H2,1H3,(H,18,19). The number of nitrogens with zero attached hydrogens (tertiary/aromatic N) is 2. The molecule has 1 N–H and O–H groups in total. The quantitative estimate of drug-likeness (QED) is 0.925. The zero-order valence-electron chi connectivity index (χ0n) is 12.8. The van der Waals surface area contributed by atoms with E-state index in [2.05, 4.69) is 52.5 Å². The second-order valence-electron chi connectivity index (χ2n) is 5.99. The number of likely N-dealkylation sites (tertiary alicyclic amines) is 1. The third-order valence-electron chi connectivity index (χ3n) is 4.39. The number of hydrogen-bond acceptors (Lipinski definition) is 4. The fourth-order valence-electron chi connectivity index (χ4n) is 3.04. The second kappa shape index (κ2) is 7.32. The van der Waals surface area contributed by atoms with Gasteiger partial charge < -0.3 is 5.32 Å². The molecule has 0 aliphatic carbocycles.